The standard InChI is InChI=1S/C23H21F3O/c1-3-15-4-10-18(20(24)14-15)11-7-16-5-8-17(9-6-16)19-12-13-21(27-2)23(26)22(19)25/h4-6,8-10,12-14H,3,7,11H2,1-2H3. The summed E-state index contributed by atoms with van der Waals surface area (Å²) < 4.78 is 47.0. The quantitative estimate of drug-likeness (QED) is 0.507. The van der Waals surface area contributed by atoms with Gasteiger partial charge in [-0.1, -0.05) is 43.3 Å². The third-order valence-corrected chi connectivity index (χ3v) is 4.74. The maximum Gasteiger partial charge on any atom is 0.201 e. The van der Waals surface area contributed by atoms with Gasteiger partial charge in [-0.25, -0.2) is 8.78 Å². The first-order valence-electron chi connectivity index (χ1n) is 8.92. The van der Waals surface area contributed by atoms with E-state index in [1.165, 1.54) is 19.2 Å². The van der Waals surface area contributed by atoms with E-state index in [1.807, 2.05) is 31.2 Å². The topological polar surface area (TPSA) is 9.23 Å². The van der Waals surface area contributed by atoms with Crippen molar-refractivity contribution in [1.82, 2.24) is 0 Å². The second-order valence-corrected chi connectivity index (χ2v) is 6.42. The molecule has 0 spiro atoms. The summed E-state index contributed by atoms with van der Waals surface area (Å²) in [6.45, 7) is 1.99. The molecule has 0 saturated carbocycles. The normalized spacial score (nSPS) is 10.9. The first-order chi connectivity index (χ1) is 13.0. The molecule has 0 radical (unpaired) electrons. The Bertz CT molecular complexity index is 933. The summed E-state index contributed by atoms with van der Waals surface area (Å²) in [5.41, 5.74) is 3.43. The molecule has 0 unspecified atom stereocenters. The largest absolute Gasteiger partial charge is 0.494 e. The number of methoxy groups -OCH3 is 1. The van der Waals surface area contributed by atoms with Crippen LogP contribution in [-0.2, 0) is 19.3 Å². The van der Waals surface area contributed by atoms with E-state index in [0.717, 1.165) is 17.5 Å². The number of aryl methyl sites for hydroxylation is 3. The fourth-order valence-electron chi connectivity index (χ4n) is 3.06. The van der Waals surface area contributed by atoms with Gasteiger partial charge in [0.05, 0.1) is 7.11 Å². The Morgan fingerprint density at radius 1 is 0.778 bits per heavy atom. The van der Waals surface area contributed by atoms with Crippen LogP contribution >= 0.6 is 0 Å². The second kappa shape index (κ2) is 8.30. The third-order valence-electron chi connectivity index (χ3n) is 4.74. The van der Waals surface area contributed by atoms with Gasteiger partial charge in [-0.2, -0.15) is 4.39 Å². The molecule has 0 amide bonds. The molecule has 0 aromatic heterocycles. The predicted molar refractivity (Wildman–Crippen MR) is 102 cm³/mol. The number of rotatable bonds is 6. The fraction of sp³-hybridized carbons (Fsp3) is 0.217. The molecule has 0 N–H and O–H groups in total. The van der Waals surface area contributed by atoms with E-state index in [1.54, 1.807) is 18.2 Å². The van der Waals surface area contributed by atoms with Crippen LogP contribution in [0.25, 0.3) is 11.1 Å². The molecule has 0 aliphatic heterocycles. The minimum Gasteiger partial charge on any atom is -0.494 e. The van der Waals surface area contributed by atoms with Gasteiger partial charge in [0.1, 0.15) is 5.82 Å². The number of ether oxygens (including phenoxy) is 1. The van der Waals surface area contributed by atoms with Crippen LogP contribution in [0.4, 0.5) is 13.2 Å². The lowest BCUT2D eigenvalue weighted by molar-refractivity contribution is 0.372. The van der Waals surface area contributed by atoms with E-state index in [9.17, 15) is 13.2 Å². The molecule has 0 fully saturated rings. The van der Waals surface area contributed by atoms with Gasteiger partial charge in [0, 0.05) is 5.56 Å². The Hall–Kier alpha value is -2.75. The van der Waals surface area contributed by atoms with Crippen molar-refractivity contribution in [3.8, 4) is 16.9 Å². The van der Waals surface area contributed by atoms with E-state index < -0.39 is 11.6 Å². The van der Waals surface area contributed by atoms with Crippen LogP contribution in [0, 0.1) is 17.5 Å². The van der Waals surface area contributed by atoms with Crippen LogP contribution in [0.5, 0.6) is 5.75 Å². The zero-order chi connectivity index (χ0) is 19.4. The second-order valence-electron chi connectivity index (χ2n) is 6.42. The molecule has 3 aromatic rings. The maximum absolute atomic E-state index is 14.2. The van der Waals surface area contributed by atoms with Crippen molar-refractivity contribution in [3.63, 3.8) is 0 Å². The van der Waals surface area contributed by atoms with Crippen LogP contribution in [-0.4, -0.2) is 7.11 Å². The Morgan fingerprint density at radius 2 is 1.48 bits per heavy atom. The number of halogens is 3. The summed E-state index contributed by atoms with van der Waals surface area (Å²) in [7, 11) is 1.30. The molecule has 3 rings (SSSR count). The molecular weight excluding hydrogens is 349 g/mol. The van der Waals surface area contributed by atoms with Crippen LogP contribution in [0.3, 0.4) is 0 Å². The maximum atomic E-state index is 14.2. The van der Waals surface area contributed by atoms with Crippen molar-refractivity contribution in [3.05, 3.63) is 88.7 Å². The molecule has 140 valence electrons. The van der Waals surface area contributed by atoms with Gasteiger partial charge in [-0.3, -0.25) is 0 Å². The molecule has 0 aliphatic rings. The van der Waals surface area contributed by atoms with Crippen molar-refractivity contribution in [2.45, 2.75) is 26.2 Å². The zero-order valence-corrected chi connectivity index (χ0v) is 15.4. The van der Waals surface area contributed by atoms with Crippen molar-refractivity contribution in [1.29, 1.82) is 0 Å². The lowest BCUT2D eigenvalue weighted by atomic mass is 9.99. The first kappa shape index (κ1) is 19.0. The van der Waals surface area contributed by atoms with E-state index in [4.69, 9.17) is 4.74 Å². The van der Waals surface area contributed by atoms with Gasteiger partial charge in [0.25, 0.3) is 0 Å². The summed E-state index contributed by atoms with van der Waals surface area (Å²) >= 11 is 0. The summed E-state index contributed by atoms with van der Waals surface area (Å²) in [5, 5.41) is 0. The highest BCUT2D eigenvalue weighted by atomic mass is 19.2. The van der Waals surface area contributed by atoms with Gasteiger partial charge in [-0.15, -0.1) is 0 Å². The monoisotopic (exact) mass is 370 g/mol. The molecule has 27 heavy (non-hydrogen) atoms. The molecular formula is C23H21F3O. The summed E-state index contributed by atoms with van der Waals surface area (Å²) in [5.74, 6) is -2.23. The summed E-state index contributed by atoms with van der Waals surface area (Å²) in [6, 6.07) is 15.5. The van der Waals surface area contributed by atoms with E-state index in [0.29, 0.717) is 24.0 Å². The molecule has 0 atom stereocenters. The number of benzene rings is 3. The lowest BCUT2D eigenvalue weighted by Crippen LogP contribution is -1.97. The van der Waals surface area contributed by atoms with Crippen molar-refractivity contribution in [2.24, 2.45) is 0 Å². The molecule has 0 aliphatic carbocycles. The predicted octanol–water partition coefficient (Wildman–Crippen LogP) is 6.13. The molecule has 3 aromatic carbocycles. The Morgan fingerprint density at radius 3 is 2.11 bits per heavy atom. The van der Waals surface area contributed by atoms with Crippen LogP contribution in [0.2, 0.25) is 0 Å². The summed E-state index contributed by atoms with van der Waals surface area (Å²) in [4.78, 5) is 0. The lowest BCUT2D eigenvalue weighted by Gasteiger charge is -2.09. The van der Waals surface area contributed by atoms with Gasteiger partial charge in [-0.05, 0) is 59.7 Å². The van der Waals surface area contributed by atoms with Crippen molar-refractivity contribution >= 4 is 0 Å². The highest BCUT2D eigenvalue weighted by molar-refractivity contribution is 5.65. The molecule has 4 heteroatoms. The van der Waals surface area contributed by atoms with Crippen LogP contribution in [0.1, 0.15) is 23.6 Å². The molecule has 0 bridgehead atoms. The zero-order valence-electron chi connectivity index (χ0n) is 15.4. The minimum atomic E-state index is -0.995. The SMILES string of the molecule is CCc1ccc(CCc2ccc(-c3ccc(OC)c(F)c3F)cc2)c(F)c1. The molecule has 1 nitrogen and oxygen atoms in total. The van der Waals surface area contributed by atoms with Gasteiger partial charge < -0.3 is 4.74 Å². The van der Waals surface area contributed by atoms with Gasteiger partial charge in [0.2, 0.25) is 5.82 Å². The molecule has 0 saturated heterocycles. The highest BCUT2D eigenvalue weighted by Crippen LogP contribution is 2.30. The first-order valence-corrected chi connectivity index (χ1v) is 8.92. The average Bonchev–Trinajstić information content (AvgIpc) is 2.69. The van der Waals surface area contributed by atoms with Crippen LogP contribution in [0.15, 0.2) is 54.6 Å². The minimum absolute atomic E-state index is 0.121. The summed E-state index contributed by atoms with van der Waals surface area (Å²) in [6.07, 6.45) is 2.06. The van der Waals surface area contributed by atoms with Crippen molar-refractivity contribution < 1.29 is 17.9 Å². The number of hydrogen-bond donors (Lipinski definition) is 0. The third kappa shape index (κ3) is 4.16. The Labute approximate surface area is 157 Å². The Balaban J connectivity index is 1.74. The smallest absolute Gasteiger partial charge is 0.201 e. The van der Waals surface area contributed by atoms with E-state index >= 15 is 0 Å². The number of hydrogen-bond acceptors (Lipinski definition) is 1. The van der Waals surface area contributed by atoms with Crippen LogP contribution < -0.4 is 4.74 Å². The molecule has 0 heterocycles. The highest BCUT2D eigenvalue weighted by Gasteiger charge is 2.15. The fourth-order valence-corrected chi connectivity index (χ4v) is 3.06. The van der Waals surface area contributed by atoms with Crippen molar-refractivity contribution in [2.75, 3.05) is 7.11 Å². The van der Waals surface area contributed by atoms with Gasteiger partial charge >= 0.3 is 0 Å². The van der Waals surface area contributed by atoms with Gasteiger partial charge in [0.15, 0.2) is 11.6 Å². The Kier molecular flexibility index (Phi) is 5.84. The van der Waals surface area contributed by atoms with E-state index in [2.05, 4.69) is 0 Å². The van der Waals surface area contributed by atoms with E-state index in [-0.39, 0.29) is 17.1 Å². The average molecular weight is 370 g/mol.